The maximum Gasteiger partial charge on any atom is 0.335 e. The largest absolute Gasteiger partial charge is 0.479 e. The lowest BCUT2D eigenvalue weighted by atomic mass is 9.98. The van der Waals surface area contributed by atoms with Crippen LogP contribution in [0.1, 0.15) is 265 Å². The number of carboxylic acids is 1. The lowest BCUT2D eigenvalue weighted by molar-refractivity contribution is -0.301. The lowest BCUT2D eigenvalue weighted by Crippen LogP contribution is -2.61. The third kappa shape index (κ3) is 44.3. The van der Waals surface area contributed by atoms with Crippen molar-refractivity contribution in [3.05, 3.63) is 85.1 Å². The smallest absolute Gasteiger partial charge is 0.335 e. The number of esters is 3. The van der Waals surface area contributed by atoms with Crippen molar-refractivity contribution in [3.63, 3.8) is 0 Å². The van der Waals surface area contributed by atoms with Crippen LogP contribution in [0.3, 0.4) is 0 Å². The summed E-state index contributed by atoms with van der Waals surface area (Å²) < 4.78 is 28.5. The maximum absolute atomic E-state index is 13.1. The van der Waals surface area contributed by atoms with Gasteiger partial charge in [-0.05, 0) is 116 Å². The normalized spacial score (nSPS) is 18.4. The van der Waals surface area contributed by atoms with E-state index in [4.69, 9.17) is 23.7 Å². The van der Waals surface area contributed by atoms with Gasteiger partial charge in [-0.15, -0.1) is 0 Å². The molecule has 6 atom stereocenters. The number of hydrogen-bond acceptors (Lipinski definition) is 11. The third-order valence-electron chi connectivity index (χ3n) is 13.9. The van der Waals surface area contributed by atoms with Gasteiger partial charge in [0.15, 0.2) is 24.6 Å². The zero-order valence-electron chi connectivity index (χ0n) is 49.8. The number of aliphatic hydroxyl groups is 2. The van der Waals surface area contributed by atoms with Gasteiger partial charge in [0.1, 0.15) is 18.8 Å². The molecule has 0 saturated carbocycles. The molecule has 1 aliphatic rings. The van der Waals surface area contributed by atoms with Gasteiger partial charge in [-0.3, -0.25) is 14.4 Å². The molecule has 12 nitrogen and oxygen atoms in total. The molecule has 1 heterocycles. The Hall–Kier alpha value is -4.10. The predicted octanol–water partition coefficient (Wildman–Crippen LogP) is 16.7. The standard InChI is InChI=1S/C67H112O12/c1-4-7-10-13-16-19-22-25-27-29-30-32-33-36-38-41-44-47-50-53-59(68)75-56-58(77-60(69)54-51-48-45-42-39-35-24-21-18-15-12-9-6-3)57-76-67-65(63(72)62(71)64(79-67)66(73)74)78-61(70)55-52-49-46-43-40-37-34-31-28-26-23-20-17-14-11-8-5-2/h9,12,16-21,25-28,35,39,58,62-65,67,71-72H,4-8,10-11,13-15,22-24,29-34,36-38,40-57H2,1-3H3,(H,73,74)/b12-9-,19-16-,20-17-,21-18-,27-25-,28-26-,39-35-. The fourth-order valence-electron chi connectivity index (χ4n) is 9.09. The van der Waals surface area contributed by atoms with Gasteiger partial charge >= 0.3 is 23.9 Å². The van der Waals surface area contributed by atoms with Crippen molar-refractivity contribution in [1.29, 1.82) is 0 Å². The monoisotopic (exact) mass is 1110 g/mol. The van der Waals surface area contributed by atoms with Gasteiger partial charge in [0.25, 0.3) is 0 Å². The molecule has 79 heavy (non-hydrogen) atoms. The number of carboxylic acid groups (broad SMARTS) is 1. The number of ether oxygens (including phenoxy) is 5. The molecule has 0 aromatic rings. The number of aliphatic hydroxyl groups excluding tert-OH is 2. The number of allylic oxidation sites excluding steroid dienone is 14. The first-order chi connectivity index (χ1) is 38.6. The van der Waals surface area contributed by atoms with Crippen LogP contribution in [0.2, 0.25) is 0 Å². The average molecular weight is 1110 g/mol. The quantitative estimate of drug-likeness (QED) is 0.0228. The summed E-state index contributed by atoms with van der Waals surface area (Å²) in [6.07, 6.45) is 58.3. The summed E-state index contributed by atoms with van der Waals surface area (Å²) >= 11 is 0. The van der Waals surface area contributed by atoms with Crippen molar-refractivity contribution in [2.24, 2.45) is 0 Å². The molecule has 0 radical (unpaired) electrons. The summed E-state index contributed by atoms with van der Waals surface area (Å²) in [7, 11) is 0. The van der Waals surface area contributed by atoms with Crippen molar-refractivity contribution in [3.8, 4) is 0 Å². The van der Waals surface area contributed by atoms with E-state index in [0.29, 0.717) is 19.3 Å². The van der Waals surface area contributed by atoms with Gasteiger partial charge in [-0.1, -0.05) is 215 Å². The third-order valence-corrected chi connectivity index (χ3v) is 13.9. The highest BCUT2D eigenvalue weighted by Gasteiger charge is 2.50. The molecule has 0 spiro atoms. The lowest BCUT2D eigenvalue weighted by Gasteiger charge is -2.40. The van der Waals surface area contributed by atoms with E-state index >= 15 is 0 Å². The van der Waals surface area contributed by atoms with Crippen molar-refractivity contribution in [2.75, 3.05) is 13.2 Å². The van der Waals surface area contributed by atoms with E-state index in [1.54, 1.807) is 0 Å². The fraction of sp³-hybridized carbons (Fsp3) is 0.731. The second kappa shape index (κ2) is 54.5. The van der Waals surface area contributed by atoms with E-state index in [2.05, 4.69) is 106 Å². The first kappa shape index (κ1) is 72.9. The summed E-state index contributed by atoms with van der Waals surface area (Å²) in [5, 5.41) is 31.5. The number of rotatable bonds is 53. The number of unbranched alkanes of at least 4 members (excludes halogenated alkanes) is 25. The highest BCUT2D eigenvalue weighted by atomic mass is 16.7. The second-order valence-corrected chi connectivity index (χ2v) is 21.3. The van der Waals surface area contributed by atoms with Crippen LogP contribution in [-0.2, 0) is 42.9 Å². The van der Waals surface area contributed by atoms with Crippen molar-refractivity contribution in [2.45, 2.75) is 302 Å². The Morgan fingerprint density at radius 3 is 1.23 bits per heavy atom. The molecular formula is C67H112O12. The summed E-state index contributed by atoms with van der Waals surface area (Å²) in [5.41, 5.74) is 0. The highest BCUT2D eigenvalue weighted by molar-refractivity contribution is 5.74. The molecule has 1 fully saturated rings. The Balaban J connectivity index is 2.67. The van der Waals surface area contributed by atoms with Crippen molar-refractivity contribution < 1.29 is 58.2 Å². The van der Waals surface area contributed by atoms with Gasteiger partial charge in [0.05, 0.1) is 6.61 Å². The van der Waals surface area contributed by atoms with Gasteiger partial charge in [0.2, 0.25) is 0 Å². The summed E-state index contributed by atoms with van der Waals surface area (Å²) in [6.45, 7) is 5.81. The van der Waals surface area contributed by atoms with E-state index in [-0.39, 0.29) is 25.9 Å². The minimum absolute atomic E-state index is 0.0451. The molecule has 12 heteroatoms. The molecule has 0 amide bonds. The number of aliphatic carboxylic acids is 1. The summed E-state index contributed by atoms with van der Waals surface area (Å²) in [5.74, 6) is -3.17. The number of carbonyl (C=O) groups is 4. The zero-order chi connectivity index (χ0) is 57.5. The Bertz CT molecular complexity index is 1700. The molecule has 1 saturated heterocycles. The van der Waals surface area contributed by atoms with Gasteiger partial charge < -0.3 is 39.0 Å². The fourth-order valence-corrected chi connectivity index (χ4v) is 9.09. The average Bonchev–Trinajstić information content (AvgIpc) is 3.44. The highest BCUT2D eigenvalue weighted by Crippen LogP contribution is 2.26. The SMILES string of the molecule is CC/C=C\C/C=C\C/C=C\CCCCCC(=O)OC(COC(=O)CCCCCCCCCCC/C=C\C/C=C\CCCCC)COC1OC(C(=O)O)C(O)C(O)C1OC(=O)CCCCCCCCC/C=C\C/C=C\CCCCC. The van der Waals surface area contributed by atoms with E-state index in [0.717, 1.165) is 128 Å². The summed E-state index contributed by atoms with van der Waals surface area (Å²) in [6, 6.07) is 0. The van der Waals surface area contributed by atoms with Crippen LogP contribution in [0, 0.1) is 0 Å². The van der Waals surface area contributed by atoms with Crippen molar-refractivity contribution >= 4 is 23.9 Å². The van der Waals surface area contributed by atoms with Crippen LogP contribution in [0.4, 0.5) is 0 Å². The molecular weight excluding hydrogens is 997 g/mol. The molecule has 0 aromatic heterocycles. The number of hydrogen-bond donors (Lipinski definition) is 3. The molecule has 0 bridgehead atoms. The van der Waals surface area contributed by atoms with Gasteiger partial charge in [-0.2, -0.15) is 0 Å². The maximum atomic E-state index is 13.1. The molecule has 0 aliphatic carbocycles. The van der Waals surface area contributed by atoms with Crippen LogP contribution in [0.5, 0.6) is 0 Å². The van der Waals surface area contributed by atoms with E-state index in [1.807, 2.05) is 0 Å². The van der Waals surface area contributed by atoms with Crippen LogP contribution in [0.15, 0.2) is 85.1 Å². The Morgan fingerprint density at radius 2 is 0.797 bits per heavy atom. The topological polar surface area (TPSA) is 175 Å². The molecule has 1 rings (SSSR count). The van der Waals surface area contributed by atoms with E-state index in [9.17, 15) is 34.5 Å². The van der Waals surface area contributed by atoms with E-state index in [1.165, 1.54) is 77.0 Å². The Morgan fingerprint density at radius 1 is 0.430 bits per heavy atom. The van der Waals surface area contributed by atoms with Crippen molar-refractivity contribution in [1.82, 2.24) is 0 Å². The first-order valence-corrected chi connectivity index (χ1v) is 31.6. The Kier molecular flexibility index (Phi) is 50.3. The van der Waals surface area contributed by atoms with Crippen LogP contribution < -0.4 is 0 Å². The molecule has 1 aliphatic heterocycles. The van der Waals surface area contributed by atoms with E-state index < -0.39 is 67.3 Å². The van der Waals surface area contributed by atoms with Crippen LogP contribution in [0.25, 0.3) is 0 Å². The van der Waals surface area contributed by atoms with Gasteiger partial charge in [-0.25, -0.2) is 4.79 Å². The molecule has 452 valence electrons. The first-order valence-electron chi connectivity index (χ1n) is 31.6. The zero-order valence-corrected chi connectivity index (χ0v) is 49.8. The van der Waals surface area contributed by atoms with Crippen LogP contribution in [-0.4, -0.2) is 89.2 Å². The minimum Gasteiger partial charge on any atom is -0.479 e. The van der Waals surface area contributed by atoms with Crippen LogP contribution >= 0.6 is 0 Å². The van der Waals surface area contributed by atoms with Gasteiger partial charge in [0, 0.05) is 19.3 Å². The molecule has 0 aromatic carbocycles. The number of carbonyl (C=O) groups excluding carboxylic acids is 3. The minimum atomic E-state index is -1.91. The predicted molar refractivity (Wildman–Crippen MR) is 321 cm³/mol. The second-order valence-electron chi connectivity index (χ2n) is 21.3. The molecule has 6 unspecified atom stereocenters. The Labute approximate surface area is 480 Å². The summed E-state index contributed by atoms with van der Waals surface area (Å²) in [4.78, 5) is 51.2. The molecule has 3 N–H and O–H groups in total.